The molecule has 0 spiro atoms. The van der Waals surface area contributed by atoms with Crippen LogP contribution in [0.3, 0.4) is 0 Å². The molecule has 2 aromatic heterocycles. The summed E-state index contributed by atoms with van der Waals surface area (Å²) in [5, 5.41) is 0.683. The molecule has 1 aliphatic rings. The van der Waals surface area contributed by atoms with Gasteiger partial charge in [0.15, 0.2) is 0 Å². The van der Waals surface area contributed by atoms with E-state index in [1.807, 2.05) is 30.3 Å². The van der Waals surface area contributed by atoms with E-state index in [0.717, 1.165) is 35.2 Å². The summed E-state index contributed by atoms with van der Waals surface area (Å²) in [4.78, 5) is 31.8. The van der Waals surface area contributed by atoms with E-state index in [1.165, 1.54) is 9.44 Å². The van der Waals surface area contributed by atoms with E-state index < -0.39 is 11.9 Å². The Bertz CT molecular complexity index is 1020. The fourth-order valence-electron chi connectivity index (χ4n) is 3.53. The number of fused-ring (bicyclic) bond motifs is 3. The lowest BCUT2D eigenvalue weighted by molar-refractivity contribution is -0.120. The molecule has 25 heavy (non-hydrogen) atoms. The van der Waals surface area contributed by atoms with E-state index >= 15 is 0 Å². The highest BCUT2D eigenvalue weighted by Gasteiger charge is 2.26. The minimum atomic E-state index is -0.722. The van der Waals surface area contributed by atoms with Crippen molar-refractivity contribution in [3.05, 3.63) is 62.5 Å². The Morgan fingerprint density at radius 1 is 1.32 bits per heavy atom. The number of rotatable bonds is 4. The van der Waals surface area contributed by atoms with Crippen LogP contribution < -0.4 is 11.3 Å². The van der Waals surface area contributed by atoms with Gasteiger partial charge in [-0.2, -0.15) is 0 Å². The molecular weight excluding hydrogens is 334 g/mol. The third-order valence-electron chi connectivity index (χ3n) is 4.85. The molecule has 1 unspecified atom stereocenters. The molecule has 0 saturated heterocycles. The summed E-state index contributed by atoms with van der Waals surface area (Å²) in [6, 6.07) is 9.11. The van der Waals surface area contributed by atoms with Crippen LogP contribution in [0.25, 0.3) is 10.2 Å². The molecule has 2 heterocycles. The van der Waals surface area contributed by atoms with Gasteiger partial charge in [0.1, 0.15) is 16.7 Å². The maximum atomic E-state index is 13.2. The second kappa shape index (κ2) is 6.11. The average molecular weight is 353 g/mol. The Morgan fingerprint density at radius 3 is 2.80 bits per heavy atom. The van der Waals surface area contributed by atoms with E-state index in [2.05, 4.69) is 0 Å². The zero-order valence-corrected chi connectivity index (χ0v) is 14.8. The van der Waals surface area contributed by atoms with Crippen molar-refractivity contribution in [2.75, 3.05) is 0 Å². The fourth-order valence-corrected chi connectivity index (χ4v) is 4.80. The van der Waals surface area contributed by atoms with Crippen molar-refractivity contribution in [2.24, 2.45) is 5.73 Å². The number of nitrogens with zero attached hydrogens (tertiary/aromatic N) is 2. The maximum Gasteiger partial charge on any atom is 0.263 e. The molecule has 6 heteroatoms. The van der Waals surface area contributed by atoms with Crippen LogP contribution in [-0.2, 0) is 24.1 Å². The number of carbonyl (C=O) groups is 1. The van der Waals surface area contributed by atoms with Gasteiger partial charge in [0.25, 0.3) is 5.56 Å². The smallest absolute Gasteiger partial charge is 0.263 e. The Balaban J connectivity index is 1.95. The molecule has 128 valence electrons. The third-order valence-corrected chi connectivity index (χ3v) is 6.03. The number of thiophene rings is 1. The summed E-state index contributed by atoms with van der Waals surface area (Å²) in [5.41, 5.74) is 7.53. The van der Waals surface area contributed by atoms with E-state index in [4.69, 9.17) is 10.7 Å². The Morgan fingerprint density at radius 2 is 2.08 bits per heavy atom. The molecule has 2 N–H and O–H groups in total. The molecule has 0 saturated carbocycles. The number of hydrogen-bond acceptors (Lipinski definition) is 4. The lowest BCUT2D eigenvalue weighted by atomic mass is 10.1. The number of carbonyl (C=O) groups excluding carboxylic acids is 1. The molecule has 1 amide bonds. The topological polar surface area (TPSA) is 78.0 Å². The van der Waals surface area contributed by atoms with Crippen LogP contribution in [0.4, 0.5) is 0 Å². The zero-order chi connectivity index (χ0) is 17.6. The van der Waals surface area contributed by atoms with E-state index in [1.54, 1.807) is 18.3 Å². The SMILES string of the molecule is CC(C(N)=O)n1c(Cc2ccccc2)nc2sc3c(c2c1=O)CCC3. The molecular formula is C19H19N3O2S. The van der Waals surface area contributed by atoms with Crippen LogP contribution >= 0.6 is 11.3 Å². The van der Waals surface area contributed by atoms with Crippen LogP contribution in [0.2, 0.25) is 0 Å². The second-order valence-corrected chi connectivity index (χ2v) is 7.57. The summed E-state index contributed by atoms with van der Waals surface area (Å²) < 4.78 is 1.49. The average Bonchev–Trinajstić information content (AvgIpc) is 3.16. The van der Waals surface area contributed by atoms with Gasteiger partial charge < -0.3 is 5.73 Å². The number of amides is 1. The van der Waals surface area contributed by atoms with Gasteiger partial charge >= 0.3 is 0 Å². The monoisotopic (exact) mass is 353 g/mol. The van der Waals surface area contributed by atoms with Gasteiger partial charge in [-0.1, -0.05) is 30.3 Å². The van der Waals surface area contributed by atoms with E-state index in [9.17, 15) is 9.59 Å². The second-order valence-electron chi connectivity index (χ2n) is 6.48. The molecule has 1 aliphatic carbocycles. The molecule has 5 nitrogen and oxygen atoms in total. The summed E-state index contributed by atoms with van der Waals surface area (Å²) >= 11 is 1.61. The Labute approximate surface area is 149 Å². The molecule has 4 rings (SSSR count). The van der Waals surface area contributed by atoms with Crippen LogP contribution in [0.1, 0.15) is 41.2 Å². The summed E-state index contributed by atoms with van der Waals surface area (Å²) in [6.45, 7) is 1.67. The molecule has 1 aromatic carbocycles. The summed E-state index contributed by atoms with van der Waals surface area (Å²) in [7, 11) is 0. The number of nitrogens with two attached hydrogens (primary N) is 1. The first-order valence-corrected chi connectivity index (χ1v) is 9.27. The van der Waals surface area contributed by atoms with Crippen molar-refractivity contribution in [3.63, 3.8) is 0 Å². The van der Waals surface area contributed by atoms with Crippen LogP contribution in [0.5, 0.6) is 0 Å². The van der Waals surface area contributed by atoms with Gasteiger partial charge in [-0.25, -0.2) is 4.98 Å². The quantitative estimate of drug-likeness (QED) is 0.783. The first-order chi connectivity index (χ1) is 12.1. The fraction of sp³-hybridized carbons (Fsp3) is 0.316. The van der Waals surface area contributed by atoms with Gasteiger partial charge in [0.2, 0.25) is 5.91 Å². The first-order valence-electron chi connectivity index (χ1n) is 8.45. The number of primary amides is 1. The minimum Gasteiger partial charge on any atom is -0.368 e. The number of aryl methyl sites for hydroxylation is 2. The lowest BCUT2D eigenvalue weighted by Gasteiger charge is -2.17. The van der Waals surface area contributed by atoms with Gasteiger partial charge in [0.05, 0.1) is 5.39 Å². The standard InChI is InChI=1S/C19H19N3O2S/c1-11(17(20)23)22-15(10-12-6-3-2-4-7-12)21-18-16(19(22)24)13-8-5-9-14(13)25-18/h2-4,6-7,11H,5,8-10H2,1H3,(H2,20,23). The normalized spacial score (nSPS) is 14.6. The van der Waals surface area contributed by atoms with Crippen molar-refractivity contribution in [1.29, 1.82) is 0 Å². The highest BCUT2D eigenvalue weighted by atomic mass is 32.1. The summed E-state index contributed by atoms with van der Waals surface area (Å²) in [6.07, 6.45) is 3.49. The highest BCUT2D eigenvalue weighted by molar-refractivity contribution is 7.18. The number of hydrogen-bond donors (Lipinski definition) is 1. The highest BCUT2D eigenvalue weighted by Crippen LogP contribution is 2.35. The predicted molar refractivity (Wildman–Crippen MR) is 99.1 cm³/mol. The zero-order valence-electron chi connectivity index (χ0n) is 14.0. The molecule has 0 radical (unpaired) electrons. The molecule has 0 fully saturated rings. The predicted octanol–water partition coefficient (Wildman–Crippen LogP) is 2.58. The summed E-state index contributed by atoms with van der Waals surface area (Å²) in [5.74, 6) is 0.0689. The van der Waals surface area contributed by atoms with Gasteiger partial charge in [0, 0.05) is 11.3 Å². The molecule has 0 aliphatic heterocycles. The number of benzene rings is 1. The third kappa shape index (κ3) is 2.66. The lowest BCUT2D eigenvalue weighted by Crippen LogP contribution is -2.35. The van der Waals surface area contributed by atoms with Crippen molar-refractivity contribution < 1.29 is 4.79 Å². The number of aromatic nitrogens is 2. The van der Waals surface area contributed by atoms with Gasteiger partial charge in [-0.15, -0.1) is 11.3 Å². The van der Waals surface area contributed by atoms with Crippen molar-refractivity contribution >= 4 is 27.5 Å². The molecule has 0 bridgehead atoms. The van der Waals surface area contributed by atoms with Crippen LogP contribution in [0, 0.1) is 0 Å². The van der Waals surface area contributed by atoms with E-state index in [-0.39, 0.29) is 5.56 Å². The van der Waals surface area contributed by atoms with Crippen molar-refractivity contribution in [1.82, 2.24) is 9.55 Å². The van der Waals surface area contributed by atoms with Gasteiger partial charge in [-0.3, -0.25) is 14.2 Å². The molecule has 1 atom stereocenters. The van der Waals surface area contributed by atoms with Crippen molar-refractivity contribution in [3.8, 4) is 0 Å². The Kier molecular flexibility index (Phi) is 3.92. The molecule has 3 aromatic rings. The minimum absolute atomic E-state index is 0.137. The largest absolute Gasteiger partial charge is 0.368 e. The Hall–Kier alpha value is -2.47. The van der Waals surface area contributed by atoms with Gasteiger partial charge in [-0.05, 0) is 37.3 Å². The van der Waals surface area contributed by atoms with Crippen LogP contribution in [-0.4, -0.2) is 15.5 Å². The first kappa shape index (κ1) is 16.0. The van der Waals surface area contributed by atoms with E-state index in [0.29, 0.717) is 17.6 Å². The van der Waals surface area contributed by atoms with Crippen molar-refractivity contribution in [2.45, 2.75) is 38.6 Å². The van der Waals surface area contributed by atoms with Crippen LogP contribution in [0.15, 0.2) is 35.1 Å². The maximum absolute atomic E-state index is 13.2.